The number of nitrogens with zero attached hydrogens (tertiary/aromatic N) is 2. The number of oxime groups is 1. The van der Waals surface area contributed by atoms with Crippen LogP contribution in [0.2, 0.25) is 5.02 Å². The van der Waals surface area contributed by atoms with Crippen LogP contribution in [0.5, 0.6) is 11.5 Å². The Balaban J connectivity index is 1.56. The highest BCUT2D eigenvalue weighted by Gasteiger charge is 2.06. The Labute approximate surface area is 174 Å². The van der Waals surface area contributed by atoms with Gasteiger partial charge in [-0.25, -0.2) is 0 Å². The number of benzene rings is 3. The van der Waals surface area contributed by atoms with Crippen LogP contribution in [-0.4, -0.2) is 13.3 Å². The molecule has 0 atom stereocenters. The van der Waals surface area contributed by atoms with Crippen LogP contribution in [0.25, 0.3) is 0 Å². The van der Waals surface area contributed by atoms with Crippen LogP contribution in [-0.2, 0) is 18.1 Å². The molecule has 0 amide bonds. The van der Waals surface area contributed by atoms with Gasteiger partial charge in [0.25, 0.3) is 0 Å². The lowest BCUT2D eigenvalue weighted by Crippen LogP contribution is -1.98. The molecule has 0 heterocycles. The number of rotatable bonds is 8. The molecular formula is C23H19ClN2O3. The van der Waals surface area contributed by atoms with E-state index in [9.17, 15) is 0 Å². The fraction of sp³-hybridized carbons (Fsp3) is 0.130. The molecule has 0 aliphatic carbocycles. The fourth-order valence-electron chi connectivity index (χ4n) is 2.51. The van der Waals surface area contributed by atoms with Crippen molar-refractivity contribution in [3.63, 3.8) is 0 Å². The molecule has 0 bridgehead atoms. The zero-order valence-corrected chi connectivity index (χ0v) is 16.6. The van der Waals surface area contributed by atoms with Crippen molar-refractivity contribution >= 4 is 17.8 Å². The van der Waals surface area contributed by atoms with Gasteiger partial charge in [0, 0.05) is 10.6 Å². The minimum atomic E-state index is 0.321. The van der Waals surface area contributed by atoms with Gasteiger partial charge in [-0.05, 0) is 53.6 Å². The zero-order valence-electron chi connectivity index (χ0n) is 15.8. The van der Waals surface area contributed by atoms with Gasteiger partial charge in [0.1, 0.15) is 13.2 Å². The minimum Gasteiger partial charge on any atom is -0.493 e. The van der Waals surface area contributed by atoms with Gasteiger partial charge in [0.05, 0.1) is 25.0 Å². The molecule has 3 aromatic carbocycles. The molecular weight excluding hydrogens is 388 g/mol. The maximum absolute atomic E-state index is 8.80. The van der Waals surface area contributed by atoms with Gasteiger partial charge in [0.2, 0.25) is 0 Å². The summed E-state index contributed by atoms with van der Waals surface area (Å²) in [5.41, 5.74) is 3.38. The third-order valence-electron chi connectivity index (χ3n) is 4.09. The highest BCUT2D eigenvalue weighted by Crippen LogP contribution is 2.28. The molecule has 3 rings (SSSR count). The molecule has 0 saturated carbocycles. The van der Waals surface area contributed by atoms with E-state index >= 15 is 0 Å². The third kappa shape index (κ3) is 6.00. The molecule has 0 N–H and O–H groups in total. The van der Waals surface area contributed by atoms with Crippen LogP contribution in [0.4, 0.5) is 0 Å². The van der Waals surface area contributed by atoms with Gasteiger partial charge in [-0.2, -0.15) is 5.26 Å². The molecule has 29 heavy (non-hydrogen) atoms. The maximum Gasteiger partial charge on any atom is 0.161 e. The summed E-state index contributed by atoms with van der Waals surface area (Å²) in [7, 11) is 1.59. The Hall–Kier alpha value is -3.49. The van der Waals surface area contributed by atoms with Gasteiger partial charge < -0.3 is 14.3 Å². The first kappa shape index (κ1) is 20.2. The number of methoxy groups -OCH3 is 1. The molecule has 0 aromatic heterocycles. The fourth-order valence-corrected chi connectivity index (χ4v) is 2.64. The normalized spacial score (nSPS) is 10.5. The van der Waals surface area contributed by atoms with E-state index in [0.29, 0.717) is 35.3 Å². The van der Waals surface area contributed by atoms with E-state index in [1.807, 2.05) is 54.6 Å². The van der Waals surface area contributed by atoms with Crippen molar-refractivity contribution in [1.29, 1.82) is 5.26 Å². The summed E-state index contributed by atoms with van der Waals surface area (Å²) in [5.74, 6) is 1.24. The van der Waals surface area contributed by atoms with Gasteiger partial charge >= 0.3 is 0 Å². The van der Waals surface area contributed by atoms with E-state index in [-0.39, 0.29) is 0 Å². The molecule has 0 fully saturated rings. The summed E-state index contributed by atoms with van der Waals surface area (Å²) in [4.78, 5) is 5.32. The van der Waals surface area contributed by atoms with Crippen molar-refractivity contribution in [2.24, 2.45) is 5.16 Å². The van der Waals surface area contributed by atoms with E-state index < -0.39 is 0 Å². The molecule has 0 saturated heterocycles. The molecule has 0 radical (unpaired) electrons. The largest absolute Gasteiger partial charge is 0.493 e. The smallest absolute Gasteiger partial charge is 0.161 e. The van der Waals surface area contributed by atoms with Crippen molar-refractivity contribution in [2.75, 3.05) is 7.11 Å². The Morgan fingerprint density at radius 1 is 0.931 bits per heavy atom. The topological polar surface area (TPSA) is 63.8 Å². The van der Waals surface area contributed by atoms with Crippen LogP contribution in [0, 0.1) is 11.3 Å². The molecule has 146 valence electrons. The van der Waals surface area contributed by atoms with Crippen molar-refractivity contribution in [3.8, 4) is 17.6 Å². The molecule has 5 nitrogen and oxygen atoms in total. The van der Waals surface area contributed by atoms with Crippen molar-refractivity contribution in [1.82, 2.24) is 0 Å². The van der Waals surface area contributed by atoms with Gasteiger partial charge in [-0.3, -0.25) is 0 Å². The molecule has 0 spiro atoms. The summed E-state index contributed by atoms with van der Waals surface area (Å²) in [6, 6.07) is 22.3. The highest BCUT2D eigenvalue weighted by molar-refractivity contribution is 6.30. The summed E-state index contributed by atoms with van der Waals surface area (Å²) >= 11 is 5.90. The number of hydrogen-bond acceptors (Lipinski definition) is 5. The summed E-state index contributed by atoms with van der Waals surface area (Å²) in [6.07, 6.45) is 1.61. The van der Waals surface area contributed by atoms with E-state index in [1.54, 1.807) is 25.5 Å². The Kier molecular flexibility index (Phi) is 7.10. The summed E-state index contributed by atoms with van der Waals surface area (Å²) in [6.45, 7) is 0.732. The standard InChI is InChI=1S/C23H19ClN2O3/c1-27-23-12-20(14-26-29-16-19-4-2-17(13-25)3-5-19)8-11-22(23)28-15-18-6-9-21(24)10-7-18/h2-12,14H,15-16H2,1H3/b26-14+. The van der Waals surface area contributed by atoms with Crippen molar-refractivity contribution in [2.45, 2.75) is 13.2 Å². The minimum absolute atomic E-state index is 0.321. The first-order valence-corrected chi connectivity index (χ1v) is 9.25. The second kappa shape index (κ2) is 10.2. The lowest BCUT2D eigenvalue weighted by atomic mass is 10.2. The second-order valence-corrected chi connectivity index (χ2v) is 6.58. The SMILES string of the molecule is COc1cc(/C=N/OCc2ccc(C#N)cc2)ccc1OCc1ccc(Cl)cc1. The molecule has 0 unspecified atom stereocenters. The molecule has 3 aromatic rings. The van der Waals surface area contributed by atoms with Crippen molar-refractivity contribution < 1.29 is 14.3 Å². The van der Waals surface area contributed by atoms with E-state index in [4.69, 9.17) is 31.2 Å². The number of ether oxygens (including phenoxy) is 2. The molecule has 0 aliphatic rings. The number of halogens is 1. The zero-order chi connectivity index (χ0) is 20.5. The molecule has 0 aliphatic heterocycles. The Morgan fingerprint density at radius 3 is 2.31 bits per heavy atom. The monoisotopic (exact) mass is 406 g/mol. The molecule has 6 heteroatoms. The second-order valence-electron chi connectivity index (χ2n) is 6.14. The lowest BCUT2D eigenvalue weighted by Gasteiger charge is -2.11. The summed E-state index contributed by atoms with van der Waals surface area (Å²) in [5, 5.41) is 13.5. The van der Waals surface area contributed by atoms with Crippen LogP contribution in [0.1, 0.15) is 22.3 Å². The van der Waals surface area contributed by atoms with E-state index in [0.717, 1.165) is 16.7 Å². The van der Waals surface area contributed by atoms with Gasteiger partial charge in [-0.1, -0.05) is 41.0 Å². The third-order valence-corrected chi connectivity index (χ3v) is 4.34. The highest BCUT2D eigenvalue weighted by atomic mass is 35.5. The predicted octanol–water partition coefficient (Wildman–Crippen LogP) is 5.35. The van der Waals surface area contributed by atoms with Crippen LogP contribution < -0.4 is 9.47 Å². The quantitative estimate of drug-likeness (QED) is 0.373. The first-order chi connectivity index (χ1) is 14.2. The van der Waals surface area contributed by atoms with E-state index in [2.05, 4.69) is 11.2 Å². The Morgan fingerprint density at radius 2 is 1.62 bits per heavy atom. The van der Waals surface area contributed by atoms with Gasteiger partial charge in [0.15, 0.2) is 11.5 Å². The Bertz CT molecular complexity index is 1010. The van der Waals surface area contributed by atoms with E-state index in [1.165, 1.54) is 0 Å². The average molecular weight is 407 g/mol. The first-order valence-electron chi connectivity index (χ1n) is 8.87. The van der Waals surface area contributed by atoms with Crippen LogP contribution in [0.15, 0.2) is 71.9 Å². The van der Waals surface area contributed by atoms with Crippen LogP contribution in [0.3, 0.4) is 0 Å². The number of nitriles is 1. The lowest BCUT2D eigenvalue weighted by molar-refractivity contribution is 0.132. The number of hydrogen-bond donors (Lipinski definition) is 0. The maximum atomic E-state index is 8.80. The average Bonchev–Trinajstić information content (AvgIpc) is 2.77. The predicted molar refractivity (Wildman–Crippen MR) is 112 cm³/mol. The summed E-state index contributed by atoms with van der Waals surface area (Å²) < 4.78 is 11.3. The van der Waals surface area contributed by atoms with Gasteiger partial charge in [-0.15, -0.1) is 0 Å². The van der Waals surface area contributed by atoms with Crippen molar-refractivity contribution in [3.05, 3.63) is 94.0 Å². The van der Waals surface area contributed by atoms with Crippen LogP contribution >= 0.6 is 11.6 Å².